The minimum Gasteiger partial charge on any atom is -0.313 e. The third-order valence-corrected chi connectivity index (χ3v) is 5.57. The van der Waals surface area contributed by atoms with E-state index in [0.29, 0.717) is 0 Å². The molecule has 1 aliphatic carbocycles. The van der Waals surface area contributed by atoms with E-state index in [1.54, 1.807) is 0 Å². The first-order valence-electron chi connectivity index (χ1n) is 8.75. The number of rotatable bonds is 5. The van der Waals surface area contributed by atoms with Gasteiger partial charge in [-0.1, -0.05) is 33.6 Å². The van der Waals surface area contributed by atoms with Crippen molar-refractivity contribution >= 4 is 0 Å². The van der Waals surface area contributed by atoms with Gasteiger partial charge in [-0.05, 0) is 57.0 Å². The van der Waals surface area contributed by atoms with E-state index in [1.165, 1.54) is 58.0 Å². The van der Waals surface area contributed by atoms with Gasteiger partial charge in [0.1, 0.15) is 0 Å². The first kappa shape index (κ1) is 15.3. The summed E-state index contributed by atoms with van der Waals surface area (Å²) in [7, 11) is 0. The molecule has 1 saturated heterocycles. The van der Waals surface area contributed by atoms with Gasteiger partial charge in [0.05, 0.1) is 0 Å². The minimum absolute atomic E-state index is 0.753. The number of likely N-dealkylation sites (N-methyl/N-ethyl adjacent to an activating group) is 1. The Hall–Kier alpha value is -0.0800. The average Bonchev–Trinajstić information content (AvgIpc) is 2.48. The van der Waals surface area contributed by atoms with Gasteiger partial charge in [-0.25, -0.2) is 0 Å². The molecule has 2 nitrogen and oxygen atoms in total. The molecule has 0 radical (unpaired) electrons. The molecule has 4 unspecified atom stereocenters. The molecule has 0 amide bonds. The van der Waals surface area contributed by atoms with Crippen LogP contribution in [0.5, 0.6) is 0 Å². The SMILES string of the molecule is CCNC1CCC(CC)CC1N1CCCC(CC)C1. The van der Waals surface area contributed by atoms with Crippen LogP contribution in [0.3, 0.4) is 0 Å². The second-order valence-corrected chi connectivity index (χ2v) is 6.73. The minimum atomic E-state index is 0.753. The molecule has 0 aromatic carbocycles. The summed E-state index contributed by atoms with van der Waals surface area (Å²) in [4.78, 5) is 2.84. The van der Waals surface area contributed by atoms with Gasteiger partial charge in [-0.3, -0.25) is 4.90 Å². The van der Waals surface area contributed by atoms with Gasteiger partial charge in [0, 0.05) is 18.6 Å². The van der Waals surface area contributed by atoms with Gasteiger partial charge >= 0.3 is 0 Å². The zero-order valence-electron chi connectivity index (χ0n) is 13.3. The van der Waals surface area contributed by atoms with E-state index >= 15 is 0 Å². The summed E-state index contributed by atoms with van der Waals surface area (Å²) in [5.74, 6) is 1.93. The quantitative estimate of drug-likeness (QED) is 0.817. The van der Waals surface area contributed by atoms with Crippen molar-refractivity contribution in [3.8, 4) is 0 Å². The summed E-state index contributed by atoms with van der Waals surface area (Å²) in [6.45, 7) is 10.8. The first-order valence-corrected chi connectivity index (χ1v) is 8.75. The third kappa shape index (κ3) is 3.95. The zero-order valence-corrected chi connectivity index (χ0v) is 13.3. The lowest BCUT2D eigenvalue weighted by Gasteiger charge is -2.46. The molecule has 1 N–H and O–H groups in total. The van der Waals surface area contributed by atoms with Crippen LogP contribution in [0.1, 0.15) is 65.7 Å². The summed E-state index contributed by atoms with van der Waals surface area (Å²) >= 11 is 0. The number of hydrogen-bond donors (Lipinski definition) is 1. The molecular weight excluding hydrogens is 232 g/mol. The second kappa shape index (κ2) is 7.64. The molecule has 0 bridgehead atoms. The predicted octanol–water partition coefficient (Wildman–Crippen LogP) is 3.67. The van der Waals surface area contributed by atoms with Crippen molar-refractivity contribution in [1.82, 2.24) is 10.2 Å². The largest absolute Gasteiger partial charge is 0.313 e. The first-order chi connectivity index (χ1) is 9.28. The van der Waals surface area contributed by atoms with Crippen LogP contribution in [0.4, 0.5) is 0 Å². The van der Waals surface area contributed by atoms with Crippen LogP contribution in [0.2, 0.25) is 0 Å². The number of piperidine rings is 1. The molecule has 19 heavy (non-hydrogen) atoms. The Labute approximate surface area is 120 Å². The molecule has 0 spiro atoms. The van der Waals surface area contributed by atoms with Crippen LogP contribution in [-0.2, 0) is 0 Å². The van der Waals surface area contributed by atoms with Crippen LogP contribution in [0.25, 0.3) is 0 Å². The predicted molar refractivity (Wildman–Crippen MR) is 83.5 cm³/mol. The highest BCUT2D eigenvalue weighted by Crippen LogP contribution is 2.32. The number of hydrogen-bond acceptors (Lipinski definition) is 2. The van der Waals surface area contributed by atoms with Crippen molar-refractivity contribution in [3.63, 3.8) is 0 Å². The van der Waals surface area contributed by atoms with Crippen molar-refractivity contribution < 1.29 is 0 Å². The molecule has 2 rings (SSSR count). The van der Waals surface area contributed by atoms with Crippen LogP contribution in [-0.4, -0.2) is 36.6 Å². The number of nitrogens with one attached hydrogen (secondary N) is 1. The van der Waals surface area contributed by atoms with Crippen LogP contribution < -0.4 is 5.32 Å². The molecule has 112 valence electrons. The van der Waals surface area contributed by atoms with Gasteiger partial charge in [0.2, 0.25) is 0 Å². The van der Waals surface area contributed by atoms with Crippen molar-refractivity contribution in [2.24, 2.45) is 11.8 Å². The normalized spacial score (nSPS) is 37.4. The monoisotopic (exact) mass is 266 g/mol. The Bertz CT molecular complexity index is 254. The highest BCUT2D eigenvalue weighted by molar-refractivity contribution is 4.92. The molecular formula is C17H34N2. The molecule has 0 aromatic heterocycles. The summed E-state index contributed by atoms with van der Waals surface area (Å²) in [6.07, 6.45) is 9.89. The fourth-order valence-electron chi connectivity index (χ4n) is 4.24. The summed E-state index contributed by atoms with van der Waals surface area (Å²) in [6, 6.07) is 1.57. The van der Waals surface area contributed by atoms with Crippen LogP contribution in [0.15, 0.2) is 0 Å². The Morgan fingerprint density at radius 3 is 2.47 bits per heavy atom. The molecule has 2 aliphatic rings. The Balaban J connectivity index is 1.99. The summed E-state index contributed by atoms with van der Waals surface area (Å²) < 4.78 is 0. The zero-order chi connectivity index (χ0) is 13.7. The maximum absolute atomic E-state index is 3.77. The van der Waals surface area contributed by atoms with E-state index in [1.807, 2.05) is 0 Å². The summed E-state index contributed by atoms with van der Waals surface area (Å²) in [5.41, 5.74) is 0. The van der Waals surface area contributed by atoms with Crippen molar-refractivity contribution in [2.75, 3.05) is 19.6 Å². The second-order valence-electron chi connectivity index (χ2n) is 6.73. The standard InChI is InChI=1S/C17H34N2/c1-4-14-9-10-16(18-6-3)17(12-14)19-11-7-8-15(5-2)13-19/h14-18H,4-13H2,1-3H3. The molecule has 4 atom stereocenters. The van der Waals surface area contributed by atoms with E-state index in [9.17, 15) is 0 Å². The van der Waals surface area contributed by atoms with Gasteiger partial charge in [-0.15, -0.1) is 0 Å². The van der Waals surface area contributed by atoms with E-state index in [0.717, 1.165) is 30.5 Å². The third-order valence-electron chi connectivity index (χ3n) is 5.57. The average molecular weight is 266 g/mol. The molecule has 2 fully saturated rings. The Morgan fingerprint density at radius 2 is 1.79 bits per heavy atom. The highest BCUT2D eigenvalue weighted by Gasteiger charge is 2.35. The van der Waals surface area contributed by atoms with Gasteiger partial charge in [-0.2, -0.15) is 0 Å². The number of likely N-dealkylation sites (tertiary alicyclic amines) is 1. The fourth-order valence-corrected chi connectivity index (χ4v) is 4.24. The van der Waals surface area contributed by atoms with Crippen molar-refractivity contribution in [2.45, 2.75) is 77.8 Å². The molecule has 1 saturated carbocycles. The molecule has 0 aromatic rings. The van der Waals surface area contributed by atoms with Gasteiger partial charge in [0.25, 0.3) is 0 Å². The van der Waals surface area contributed by atoms with E-state index in [-0.39, 0.29) is 0 Å². The van der Waals surface area contributed by atoms with Crippen molar-refractivity contribution in [3.05, 3.63) is 0 Å². The van der Waals surface area contributed by atoms with Gasteiger partial charge in [0.15, 0.2) is 0 Å². The molecule has 1 heterocycles. The van der Waals surface area contributed by atoms with Crippen molar-refractivity contribution in [1.29, 1.82) is 0 Å². The van der Waals surface area contributed by atoms with E-state index < -0.39 is 0 Å². The maximum Gasteiger partial charge on any atom is 0.0252 e. The highest BCUT2D eigenvalue weighted by atomic mass is 15.2. The lowest BCUT2D eigenvalue weighted by molar-refractivity contribution is 0.0576. The lowest BCUT2D eigenvalue weighted by Crippen LogP contribution is -2.55. The fraction of sp³-hybridized carbons (Fsp3) is 1.00. The topological polar surface area (TPSA) is 15.3 Å². The smallest absolute Gasteiger partial charge is 0.0252 e. The lowest BCUT2D eigenvalue weighted by atomic mass is 9.79. The van der Waals surface area contributed by atoms with E-state index in [4.69, 9.17) is 0 Å². The Kier molecular flexibility index (Phi) is 6.15. The number of nitrogens with zero attached hydrogens (tertiary/aromatic N) is 1. The van der Waals surface area contributed by atoms with E-state index in [2.05, 4.69) is 31.0 Å². The van der Waals surface area contributed by atoms with Gasteiger partial charge < -0.3 is 5.32 Å². The maximum atomic E-state index is 3.77. The van der Waals surface area contributed by atoms with Crippen LogP contribution >= 0.6 is 0 Å². The summed E-state index contributed by atoms with van der Waals surface area (Å²) in [5, 5.41) is 3.77. The van der Waals surface area contributed by atoms with Crippen LogP contribution in [0, 0.1) is 11.8 Å². The molecule has 1 aliphatic heterocycles. The Morgan fingerprint density at radius 1 is 1.00 bits per heavy atom. The molecule has 2 heteroatoms.